The van der Waals surface area contributed by atoms with Gasteiger partial charge in [0.25, 0.3) is 0 Å². The number of rotatable bonds is 1. The topological polar surface area (TPSA) is 66.6 Å². The number of nitrogens with zero attached hydrogens (tertiary/aromatic N) is 2. The van der Waals surface area contributed by atoms with Gasteiger partial charge in [-0.3, -0.25) is 9.59 Å². The summed E-state index contributed by atoms with van der Waals surface area (Å²) < 4.78 is 0. The maximum absolute atomic E-state index is 12.0. The highest BCUT2D eigenvalue weighted by molar-refractivity contribution is 6.19. The maximum Gasteiger partial charge on any atom is 0.204 e. The molecule has 0 saturated carbocycles. The summed E-state index contributed by atoms with van der Waals surface area (Å²) in [6, 6.07) is 0.348. The molecule has 3 fully saturated rings. The van der Waals surface area contributed by atoms with Gasteiger partial charge in [0.2, 0.25) is 11.6 Å². The molecule has 3 saturated heterocycles. The third kappa shape index (κ3) is 1.75. The zero-order valence-electron chi connectivity index (χ0n) is 10.3. The van der Waals surface area contributed by atoms with Gasteiger partial charge in [-0.2, -0.15) is 0 Å². The van der Waals surface area contributed by atoms with Gasteiger partial charge in [-0.25, -0.2) is 0 Å². The van der Waals surface area contributed by atoms with Crippen LogP contribution in [0.15, 0.2) is 23.5 Å². The smallest absolute Gasteiger partial charge is 0.204 e. The second kappa shape index (κ2) is 4.24. The standard InChI is InChI=1S/C13H17N3O2/c14-12-10(17)1-2-11(18)13(12)16-8-7-15-5-3-9(16)4-6-15/h1-2,9H,3-8,14H2. The van der Waals surface area contributed by atoms with Crippen molar-refractivity contribution >= 4 is 11.6 Å². The van der Waals surface area contributed by atoms with E-state index in [4.69, 9.17) is 5.73 Å². The number of ketones is 2. The number of carbonyl (C=O) groups excluding carboxylic acids is 2. The summed E-state index contributed by atoms with van der Waals surface area (Å²) in [5, 5.41) is 0. The summed E-state index contributed by atoms with van der Waals surface area (Å²) in [6.07, 6.45) is 4.69. The molecule has 0 aromatic carbocycles. The van der Waals surface area contributed by atoms with Crippen LogP contribution < -0.4 is 5.73 Å². The predicted octanol–water partition coefficient (Wildman–Crippen LogP) is -0.355. The number of carbonyl (C=O) groups is 2. The fraction of sp³-hybridized carbons (Fsp3) is 0.538. The molecule has 0 atom stereocenters. The van der Waals surface area contributed by atoms with Gasteiger partial charge in [-0.1, -0.05) is 0 Å². The minimum absolute atomic E-state index is 0.114. The van der Waals surface area contributed by atoms with Gasteiger partial charge in [-0.05, 0) is 25.0 Å². The van der Waals surface area contributed by atoms with E-state index in [0.29, 0.717) is 11.7 Å². The zero-order valence-corrected chi connectivity index (χ0v) is 10.3. The fourth-order valence-corrected chi connectivity index (χ4v) is 3.05. The lowest BCUT2D eigenvalue weighted by atomic mass is 10.00. The lowest BCUT2D eigenvalue weighted by Gasteiger charge is -2.34. The summed E-state index contributed by atoms with van der Waals surface area (Å²) in [7, 11) is 0. The molecule has 3 heterocycles. The van der Waals surface area contributed by atoms with Gasteiger partial charge in [0.05, 0.1) is 0 Å². The van der Waals surface area contributed by atoms with Crippen LogP contribution in [-0.4, -0.2) is 53.6 Å². The predicted molar refractivity (Wildman–Crippen MR) is 66.5 cm³/mol. The highest BCUT2D eigenvalue weighted by Crippen LogP contribution is 2.27. The first-order chi connectivity index (χ1) is 8.66. The largest absolute Gasteiger partial charge is 0.394 e. The number of fused-ring (bicyclic) bond motifs is 4. The van der Waals surface area contributed by atoms with E-state index in [-0.39, 0.29) is 17.3 Å². The van der Waals surface area contributed by atoms with Crippen LogP contribution in [0.25, 0.3) is 0 Å². The first kappa shape index (κ1) is 11.5. The molecule has 5 heteroatoms. The molecule has 2 N–H and O–H groups in total. The van der Waals surface area contributed by atoms with E-state index in [0.717, 1.165) is 39.0 Å². The average Bonchev–Trinajstić information content (AvgIpc) is 2.69. The van der Waals surface area contributed by atoms with Crippen molar-refractivity contribution in [3.63, 3.8) is 0 Å². The third-order valence-corrected chi connectivity index (χ3v) is 4.08. The van der Waals surface area contributed by atoms with E-state index in [9.17, 15) is 9.59 Å². The Morgan fingerprint density at radius 2 is 1.67 bits per heavy atom. The number of piperidine rings is 1. The summed E-state index contributed by atoms with van der Waals surface area (Å²) >= 11 is 0. The number of hydrogen-bond donors (Lipinski definition) is 1. The van der Waals surface area contributed by atoms with E-state index in [1.165, 1.54) is 12.2 Å². The van der Waals surface area contributed by atoms with Crippen LogP contribution in [-0.2, 0) is 9.59 Å². The second-order valence-electron chi connectivity index (χ2n) is 5.09. The van der Waals surface area contributed by atoms with Crippen LogP contribution in [0.1, 0.15) is 12.8 Å². The van der Waals surface area contributed by atoms with Crippen LogP contribution in [0, 0.1) is 0 Å². The maximum atomic E-state index is 12.0. The fourth-order valence-electron chi connectivity index (χ4n) is 3.05. The Balaban J connectivity index is 1.95. The summed E-state index contributed by atoms with van der Waals surface area (Å²) in [6.45, 7) is 3.88. The average molecular weight is 247 g/mol. The van der Waals surface area contributed by atoms with Crippen LogP contribution in [0.2, 0.25) is 0 Å². The van der Waals surface area contributed by atoms with Crippen molar-refractivity contribution in [3.8, 4) is 0 Å². The van der Waals surface area contributed by atoms with Crippen molar-refractivity contribution in [2.45, 2.75) is 18.9 Å². The van der Waals surface area contributed by atoms with Crippen LogP contribution in [0.3, 0.4) is 0 Å². The number of hydrogen-bond acceptors (Lipinski definition) is 5. The van der Waals surface area contributed by atoms with E-state index < -0.39 is 0 Å². The van der Waals surface area contributed by atoms with Gasteiger partial charge < -0.3 is 15.5 Å². The lowest BCUT2D eigenvalue weighted by Crippen LogP contribution is -2.41. The SMILES string of the molecule is NC1=C(N2CCN3CCC2CC3)C(=O)C=CC1=O. The molecule has 0 spiro atoms. The molecule has 2 bridgehead atoms. The molecule has 1 aliphatic carbocycles. The Hall–Kier alpha value is -1.62. The van der Waals surface area contributed by atoms with Crippen LogP contribution >= 0.6 is 0 Å². The van der Waals surface area contributed by atoms with E-state index in [1.807, 2.05) is 0 Å². The molecule has 4 rings (SSSR count). The Morgan fingerprint density at radius 1 is 1.00 bits per heavy atom. The normalized spacial score (nSPS) is 32.1. The van der Waals surface area contributed by atoms with Crippen LogP contribution in [0.5, 0.6) is 0 Å². The molecular formula is C13H17N3O2. The molecule has 4 aliphatic rings. The molecule has 0 aromatic heterocycles. The van der Waals surface area contributed by atoms with E-state index in [1.54, 1.807) is 0 Å². The summed E-state index contributed by atoms with van der Waals surface area (Å²) in [4.78, 5) is 28.1. The van der Waals surface area contributed by atoms with Crippen molar-refractivity contribution in [2.24, 2.45) is 5.73 Å². The first-order valence-electron chi connectivity index (χ1n) is 6.42. The molecule has 5 nitrogen and oxygen atoms in total. The van der Waals surface area contributed by atoms with Crippen LogP contribution in [0.4, 0.5) is 0 Å². The minimum atomic E-state index is -0.247. The van der Waals surface area contributed by atoms with Crippen molar-refractivity contribution in [1.82, 2.24) is 9.80 Å². The van der Waals surface area contributed by atoms with Crippen molar-refractivity contribution < 1.29 is 9.59 Å². The molecule has 3 aliphatic heterocycles. The van der Waals surface area contributed by atoms with E-state index >= 15 is 0 Å². The molecule has 0 radical (unpaired) electrons. The minimum Gasteiger partial charge on any atom is -0.394 e. The number of allylic oxidation sites excluding steroid dienone is 2. The molecule has 0 aromatic rings. The highest BCUT2D eigenvalue weighted by atomic mass is 16.1. The van der Waals surface area contributed by atoms with Gasteiger partial charge in [0, 0.05) is 32.2 Å². The summed E-state index contributed by atoms with van der Waals surface area (Å²) in [5.74, 6) is -0.379. The number of nitrogens with two attached hydrogens (primary N) is 1. The molecule has 18 heavy (non-hydrogen) atoms. The highest BCUT2D eigenvalue weighted by Gasteiger charge is 2.34. The molecular weight excluding hydrogens is 230 g/mol. The molecule has 96 valence electrons. The van der Waals surface area contributed by atoms with Crippen molar-refractivity contribution in [1.29, 1.82) is 0 Å². The van der Waals surface area contributed by atoms with Gasteiger partial charge in [0.15, 0.2) is 0 Å². The van der Waals surface area contributed by atoms with Crippen molar-refractivity contribution in [2.75, 3.05) is 26.2 Å². The van der Waals surface area contributed by atoms with Crippen molar-refractivity contribution in [3.05, 3.63) is 23.5 Å². The zero-order chi connectivity index (χ0) is 12.7. The van der Waals surface area contributed by atoms with E-state index in [2.05, 4.69) is 9.80 Å². The Kier molecular flexibility index (Phi) is 2.70. The van der Waals surface area contributed by atoms with Gasteiger partial charge >= 0.3 is 0 Å². The molecule has 0 unspecified atom stereocenters. The monoisotopic (exact) mass is 247 g/mol. The van der Waals surface area contributed by atoms with Gasteiger partial charge in [0.1, 0.15) is 11.4 Å². The third-order valence-electron chi connectivity index (χ3n) is 4.08. The first-order valence-corrected chi connectivity index (χ1v) is 6.42. The molecule has 0 amide bonds. The lowest BCUT2D eigenvalue weighted by molar-refractivity contribution is -0.116. The second-order valence-corrected chi connectivity index (χ2v) is 5.09. The summed E-state index contributed by atoms with van der Waals surface area (Å²) in [5.41, 5.74) is 6.37. The Bertz CT molecular complexity index is 459. The Morgan fingerprint density at radius 3 is 2.39 bits per heavy atom. The quantitative estimate of drug-likeness (QED) is 0.641. The Labute approximate surface area is 106 Å². The van der Waals surface area contributed by atoms with Gasteiger partial charge in [-0.15, -0.1) is 0 Å².